The van der Waals surface area contributed by atoms with Crippen molar-refractivity contribution in [1.82, 2.24) is 0 Å². The fourth-order valence-corrected chi connectivity index (χ4v) is 1.15. The van der Waals surface area contributed by atoms with Crippen LogP contribution in [0.2, 0.25) is 0 Å². The van der Waals surface area contributed by atoms with Crippen molar-refractivity contribution in [3.63, 3.8) is 0 Å². The van der Waals surface area contributed by atoms with Gasteiger partial charge in [-0.25, -0.2) is 0 Å². The maximum absolute atomic E-state index is 5.29. The highest BCUT2D eigenvalue weighted by Gasteiger charge is 2.06. The molecule has 0 saturated heterocycles. The number of halogens is 2. The first kappa shape index (κ1) is 8.23. The van der Waals surface area contributed by atoms with Crippen LogP contribution in [0.5, 0.6) is 0 Å². The molecule has 2 N–H and O–H groups in total. The van der Waals surface area contributed by atoms with Gasteiger partial charge < -0.3 is 10.2 Å². The van der Waals surface area contributed by atoms with Crippen LogP contribution in [0.25, 0.3) is 0 Å². The molecule has 0 aliphatic heterocycles. The molecule has 54 valence electrons. The molecule has 0 aliphatic rings. The van der Waals surface area contributed by atoms with Crippen LogP contribution in [-0.4, -0.2) is 4.99 Å². The van der Waals surface area contributed by atoms with Crippen molar-refractivity contribution in [2.24, 2.45) is 5.73 Å². The van der Waals surface area contributed by atoms with E-state index in [4.69, 9.17) is 10.2 Å². The van der Waals surface area contributed by atoms with Gasteiger partial charge in [0.25, 0.3) is 0 Å². The molecule has 0 unspecified atom stereocenters. The zero-order valence-electron chi connectivity index (χ0n) is 4.73. The molecule has 0 amide bonds. The summed E-state index contributed by atoms with van der Waals surface area (Å²) in [6.07, 6.45) is 0. The zero-order valence-corrected chi connectivity index (χ0v) is 8.72. The van der Waals surface area contributed by atoms with Gasteiger partial charge in [0.2, 0.25) is 0 Å². The van der Waals surface area contributed by atoms with Crippen LogP contribution in [0.4, 0.5) is 0 Å². The molecule has 5 heteroatoms. The molecule has 0 radical (unpaired) electrons. The van der Waals surface area contributed by atoms with Gasteiger partial charge in [0.05, 0.1) is 4.47 Å². The highest BCUT2D eigenvalue weighted by atomic mass is 79.9. The van der Waals surface area contributed by atoms with E-state index in [1.54, 1.807) is 6.07 Å². The molecule has 2 nitrogen and oxygen atoms in total. The molecule has 0 atom stereocenters. The van der Waals surface area contributed by atoms with E-state index in [-0.39, 0.29) is 4.99 Å². The first-order chi connectivity index (χ1) is 4.61. The third-order valence-electron chi connectivity index (χ3n) is 0.888. The SMILES string of the molecule is NC(=S)c1cc(Br)c(Br)o1. The van der Waals surface area contributed by atoms with E-state index in [1.807, 2.05) is 0 Å². The lowest BCUT2D eigenvalue weighted by atomic mass is 10.5. The second-order valence-electron chi connectivity index (χ2n) is 1.60. The number of thiocarbonyl (C=S) groups is 1. The van der Waals surface area contributed by atoms with E-state index in [0.717, 1.165) is 4.47 Å². The van der Waals surface area contributed by atoms with Crippen LogP contribution < -0.4 is 5.73 Å². The number of rotatable bonds is 1. The standard InChI is InChI=1S/C5H3Br2NOS/c6-2-1-3(5(8)10)9-4(2)7/h1H,(H2,8,10). The van der Waals surface area contributed by atoms with E-state index in [9.17, 15) is 0 Å². The molecular weight excluding hydrogens is 282 g/mol. The summed E-state index contributed by atoms with van der Waals surface area (Å²) in [7, 11) is 0. The Hall–Kier alpha value is 0.130. The third-order valence-corrected chi connectivity index (χ3v) is 2.80. The van der Waals surface area contributed by atoms with Crippen molar-refractivity contribution >= 4 is 49.1 Å². The molecule has 0 spiro atoms. The fourth-order valence-electron chi connectivity index (χ4n) is 0.468. The second kappa shape index (κ2) is 3.02. The van der Waals surface area contributed by atoms with E-state index in [0.29, 0.717) is 10.4 Å². The van der Waals surface area contributed by atoms with Gasteiger partial charge in [-0.15, -0.1) is 0 Å². The first-order valence-corrected chi connectivity index (χ1v) is 4.35. The average molecular weight is 285 g/mol. The highest BCUT2D eigenvalue weighted by molar-refractivity contribution is 9.13. The van der Waals surface area contributed by atoms with Gasteiger partial charge in [-0.3, -0.25) is 0 Å². The van der Waals surface area contributed by atoms with Crippen molar-refractivity contribution in [3.05, 3.63) is 21.0 Å². The summed E-state index contributed by atoms with van der Waals surface area (Å²) in [5.74, 6) is 0.508. The van der Waals surface area contributed by atoms with Crippen molar-refractivity contribution in [1.29, 1.82) is 0 Å². The molecule has 1 aromatic heterocycles. The lowest BCUT2D eigenvalue weighted by Crippen LogP contribution is -2.07. The molecular formula is C5H3Br2NOS. The van der Waals surface area contributed by atoms with Crippen LogP contribution in [0.3, 0.4) is 0 Å². The Balaban J connectivity index is 3.10. The quantitative estimate of drug-likeness (QED) is 0.805. The van der Waals surface area contributed by atoms with Crippen molar-refractivity contribution in [3.8, 4) is 0 Å². The van der Waals surface area contributed by atoms with E-state index in [2.05, 4.69) is 44.1 Å². The molecule has 0 bridgehead atoms. The van der Waals surface area contributed by atoms with E-state index >= 15 is 0 Å². The predicted octanol–water partition coefficient (Wildman–Crippen LogP) is 2.44. The molecule has 0 fully saturated rings. The predicted molar refractivity (Wildman–Crippen MR) is 50.0 cm³/mol. The first-order valence-electron chi connectivity index (χ1n) is 2.36. The minimum Gasteiger partial charge on any atom is -0.446 e. The Bertz CT molecular complexity index is 251. The molecule has 0 saturated carbocycles. The Morgan fingerprint density at radius 1 is 1.60 bits per heavy atom. The monoisotopic (exact) mass is 283 g/mol. The zero-order chi connectivity index (χ0) is 7.72. The summed E-state index contributed by atoms with van der Waals surface area (Å²) < 4.78 is 6.50. The minimum absolute atomic E-state index is 0.256. The number of nitrogens with two attached hydrogens (primary N) is 1. The number of furan rings is 1. The Labute approximate surface area is 80.0 Å². The van der Waals surface area contributed by atoms with Crippen molar-refractivity contribution < 1.29 is 4.42 Å². The number of hydrogen-bond donors (Lipinski definition) is 1. The van der Waals surface area contributed by atoms with Gasteiger partial charge >= 0.3 is 0 Å². The van der Waals surface area contributed by atoms with Gasteiger partial charge in [-0.1, -0.05) is 12.2 Å². The topological polar surface area (TPSA) is 39.2 Å². The summed E-state index contributed by atoms with van der Waals surface area (Å²) in [5, 5.41) is 0. The number of hydrogen-bond acceptors (Lipinski definition) is 2. The highest BCUT2D eigenvalue weighted by Crippen LogP contribution is 2.26. The largest absolute Gasteiger partial charge is 0.446 e. The van der Waals surface area contributed by atoms with Crippen LogP contribution >= 0.6 is 44.1 Å². The summed E-state index contributed by atoms with van der Waals surface area (Å²) in [4.78, 5) is 0.256. The second-order valence-corrected chi connectivity index (χ2v) is 3.61. The molecule has 1 rings (SSSR count). The minimum atomic E-state index is 0.256. The van der Waals surface area contributed by atoms with Gasteiger partial charge in [0.1, 0.15) is 4.99 Å². The lowest BCUT2D eigenvalue weighted by molar-refractivity contribution is 0.531. The van der Waals surface area contributed by atoms with E-state index < -0.39 is 0 Å². The van der Waals surface area contributed by atoms with Crippen LogP contribution in [0.15, 0.2) is 19.6 Å². The summed E-state index contributed by atoms with van der Waals surface area (Å²) in [6, 6.07) is 1.71. The van der Waals surface area contributed by atoms with E-state index in [1.165, 1.54) is 0 Å². The maximum Gasteiger partial charge on any atom is 0.184 e. The van der Waals surface area contributed by atoms with Crippen LogP contribution in [0.1, 0.15) is 5.76 Å². The summed E-state index contributed by atoms with van der Waals surface area (Å²) in [5.41, 5.74) is 5.29. The summed E-state index contributed by atoms with van der Waals surface area (Å²) >= 11 is 11.1. The molecule has 1 aromatic rings. The summed E-state index contributed by atoms with van der Waals surface area (Å²) in [6.45, 7) is 0. The fraction of sp³-hybridized carbons (Fsp3) is 0. The molecule has 10 heavy (non-hydrogen) atoms. The third kappa shape index (κ3) is 1.59. The smallest absolute Gasteiger partial charge is 0.184 e. The van der Waals surface area contributed by atoms with Gasteiger partial charge in [0.15, 0.2) is 10.4 Å². The molecule has 0 aromatic carbocycles. The van der Waals surface area contributed by atoms with Gasteiger partial charge in [-0.2, -0.15) is 0 Å². The van der Waals surface area contributed by atoms with Crippen LogP contribution in [0, 0.1) is 0 Å². The van der Waals surface area contributed by atoms with Crippen LogP contribution in [-0.2, 0) is 0 Å². The Morgan fingerprint density at radius 3 is 2.40 bits per heavy atom. The Kier molecular flexibility index (Phi) is 2.49. The maximum atomic E-state index is 5.29. The van der Waals surface area contributed by atoms with Gasteiger partial charge in [0, 0.05) is 6.07 Å². The van der Waals surface area contributed by atoms with Crippen molar-refractivity contribution in [2.45, 2.75) is 0 Å². The lowest BCUT2D eigenvalue weighted by Gasteiger charge is -1.85. The normalized spacial score (nSPS) is 9.80. The Morgan fingerprint density at radius 2 is 2.20 bits per heavy atom. The van der Waals surface area contributed by atoms with Gasteiger partial charge in [-0.05, 0) is 31.9 Å². The molecule has 1 heterocycles. The van der Waals surface area contributed by atoms with Crippen molar-refractivity contribution in [2.75, 3.05) is 0 Å². The average Bonchev–Trinajstić information content (AvgIpc) is 2.13. The molecule has 0 aliphatic carbocycles.